The second-order valence-corrected chi connectivity index (χ2v) is 4.64. The van der Waals surface area contributed by atoms with E-state index in [-0.39, 0.29) is 5.60 Å². The number of ether oxygens (including phenoxy) is 2. The second kappa shape index (κ2) is 3.42. The standard InChI is InChI=1S/C12H17NO2/c1-12(2)6-8-4-10(13)5-9(7-14-3)11(8)15-12/h4-5H,6-7,13H2,1-3H3. The van der Waals surface area contributed by atoms with E-state index in [1.165, 1.54) is 5.56 Å². The molecule has 0 aliphatic carbocycles. The van der Waals surface area contributed by atoms with Gasteiger partial charge >= 0.3 is 0 Å². The molecular weight excluding hydrogens is 190 g/mol. The molecule has 0 spiro atoms. The molecule has 15 heavy (non-hydrogen) atoms. The van der Waals surface area contributed by atoms with Gasteiger partial charge in [0.1, 0.15) is 11.4 Å². The van der Waals surface area contributed by atoms with Gasteiger partial charge in [0.15, 0.2) is 0 Å². The van der Waals surface area contributed by atoms with Crippen molar-refractivity contribution < 1.29 is 9.47 Å². The van der Waals surface area contributed by atoms with Crippen LogP contribution in [0.25, 0.3) is 0 Å². The van der Waals surface area contributed by atoms with Crippen molar-refractivity contribution in [2.75, 3.05) is 12.8 Å². The highest BCUT2D eigenvalue weighted by Crippen LogP contribution is 2.39. The van der Waals surface area contributed by atoms with Gasteiger partial charge in [-0.05, 0) is 26.0 Å². The summed E-state index contributed by atoms with van der Waals surface area (Å²) in [6, 6.07) is 3.91. The van der Waals surface area contributed by atoms with E-state index >= 15 is 0 Å². The van der Waals surface area contributed by atoms with Gasteiger partial charge in [0, 0.05) is 30.3 Å². The summed E-state index contributed by atoms with van der Waals surface area (Å²) in [6.45, 7) is 4.71. The zero-order valence-electron chi connectivity index (χ0n) is 9.46. The van der Waals surface area contributed by atoms with Crippen LogP contribution in [-0.4, -0.2) is 12.7 Å². The molecule has 1 aliphatic rings. The zero-order valence-corrected chi connectivity index (χ0v) is 9.46. The minimum Gasteiger partial charge on any atom is -0.487 e. The first-order valence-corrected chi connectivity index (χ1v) is 5.11. The third-order valence-corrected chi connectivity index (χ3v) is 2.56. The molecule has 0 amide bonds. The molecule has 3 nitrogen and oxygen atoms in total. The molecule has 0 atom stereocenters. The Hall–Kier alpha value is -1.22. The average Bonchev–Trinajstić information content (AvgIpc) is 2.40. The van der Waals surface area contributed by atoms with E-state index in [4.69, 9.17) is 15.2 Å². The van der Waals surface area contributed by atoms with E-state index in [0.717, 1.165) is 23.4 Å². The summed E-state index contributed by atoms with van der Waals surface area (Å²) < 4.78 is 11.0. The highest BCUT2D eigenvalue weighted by atomic mass is 16.5. The molecule has 1 aromatic rings. The Morgan fingerprint density at radius 2 is 2.20 bits per heavy atom. The highest BCUT2D eigenvalue weighted by Gasteiger charge is 2.31. The van der Waals surface area contributed by atoms with Gasteiger partial charge in [0.2, 0.25) is 0 Å². The van der Waals surface area contributed by atoms with Gasteiger partial charge in [0.25, 0.3) is 0 Å². The largest absolute Gasteiger partial charge is 0.487 e. The van der Waals surface area contributed by atoms with Crippen LogP contribution in [0.3, 0.4) is 0 Å². The summed E-state index contributed by atoms with van der Waals surface area (Å²) >= 11 is 0. The van der Waals surface area contributed by atoms with Gasteiger partial charge in [-0.3, -0.25) is 0 Å². The van der Waals surface area contributed by atoms with E-state index in [1.807, 2.05) is 12.1 Å². The van der Waals surface area contributed by atoms with Gasteiger partial charge < -0.3 is 15.2 Å². The number of hydrogen-bond donors (Lipinski definition) is 1. The Morgan fingerprint density at radius 3 is 2.87 bits per heavy atom. The molecule has 0 bridgehead atoms. The van der Waals surface area contributed by atoms with Crippen LogP contribution in [0.5, 0.6) is 5.75 Å². The van der Waals surface area contributed by atoms with E-state index in [0.29, 0.717) is 6.61 Å². The minimum atomic E-state index is -0.126. The topological polar surface area (TPSA) is 44.5 Å². The number of fused-ring (bicyclic) bond motifs is 1. The fourth-order valence-corrected chi connectivity index (χ4v) is 2.08. The monoisotopic (exact) mass is 207 g/mol. The summed E-state index contributed by atoms with van der Waals surface area (Å²) in [6.07, 6.45) is 0.907. The van der Waals surface area contributed by atoms with Gasteiger partial charge in [-0.25, -0.2) is 0 Å². The molecule has 3 heteroatoms. The maximum absolute atomic E-state index is 5.90. The van der Waals surface area contributed by atoms with Gasteiger partial charge in [0.05, 0.1) is 6.61 Å². The molecule has 0 aromatic heterocycles. The number of hydrogen-bond acceptors (Lipinski definition) is 3. The van der Waals surface area contributed by atoms with Gasteiger partial charge in [-0.15, -0.1) is 0 Å². The average molecular weight is 207 g/mol. The van der Waals surface area contributed by atoms with Crippen molar-refractivity contribution in [3.05, 3.63) is 23.3 Å². The Bertz CT molecular complexity index is 385. The molecule has 1 aromatic carbocycles. The molecule has 0 fully saturated rings. The summed E-state index contributed by atoms with van der Waals surface area (Å²) in [5.41, 5.74) is 8.72. The third kappa shape index (κ3) is 1.92. The number of methoxy groups -OCH3 is 1. The van der Waals surface area contributed by atoms with Crippen molar-refractivity contribution >= 4 is 5.69 Å². The molecule has 0 saturated heterocycles. The molecule has 0 saturated carbocycles. The lowest BCUT2D eigenvalue weighted by Crippen LogP contribution is -2.24. The third-order valence-electron chi connectivity index (χ3n) is 2.56. The first-order chi connectivity index (χ1) is 7.02. The predicted octanol–water partition coefficient (Wildman–Crippen LogP) is 2.13. The highest BCUT2D eigenvalue weighted by molar-refractivity contribution is 5.55. The second-order valence-electron chi connectivity index (χ2n) is 4.64. The first kappa shape index (κ1) is 10.3. The lowest BCUT2D eigenvalue weighted by Gasteiger charge is -2.18. The van der Waals surface area contributed by atoms with Crippen molar-refractivity contribution in [2.45, 2.75) is 32.5 Å². The summed E-state index contributed by atoms with van der Waals surface area (Å²) in [4.78, 5) is 0. The SMILES string of the molecule is COCc1cc(N)cc2c1OC(C)(C)C2. The molecular formula is C12H17NO2. The van der Waals surface area contributed by atoms with Crippen LogP contribution < -0.4 is 10.5 Å². The fourth-order valence-electron chi connectivity index (χ4n) is 2.08. The number of nitrogen functional groups attached to an aromatic ring is 1. The van der Waals surface area contributed by atoms with Crippen molar-refractivity contribution in [1.82, 2.24) is 0 Å². The van der Waals surface area contributed by atoms with Crippen molar-refractivity contribution in [3.63, 3.8) is 0 Å². The molecule has 0 unspecified atom stereocenters. The predicted molar refractivity (Wildman–Crippen MR) is 60.0 cm³/mol. The van der Waals surface area contributed by atoms with E-state index in [1.54, 1.807) is 7.11 Å². The van der Waals surface area contributed by atoms with E-state index < -0.39 is 0 Å². The molecule has 1 aliphatic heterocycles. The van der Waals surface area contributed by atoms with Crippen LogP contribution in [0.15, 0.2) is 12.1 Å². The van der Waals surface area contributed by atoms with Gasteiger partial charge in [-0.2, -0.15) is 0 Å². The summed E-state index contributed by atoms with van der Waals surface area (Å²) in [5.74, 6) is 0.955. The van der Waals surface area contributed by atoms with E-state index in [9.17, 15) is 0 Å². The molecule has 0 radical (unpaired) electrons. The molecule has 1 heterocycles. The lowest BCUT2D eigenvalue weighted by molar-refractivity contribution is 0.130. The van der Waals surface area contributed by atoms with Crippen LogP contribution in [-0.2, 0) is 17.8 Å². The molecule has 2 rings (SSSR count). The fraction of sp³-hybridized carbons (Fsp3) is 0.500. The van der Waals surface area contributed by atoms with Crippen LogP contribution in [0.4, 0.5) is 5.69 Å². The Balaban J connectivity index is 2.43. The maximum atomic E-state index is 5.90. The smallest absolute Gasteiger partial charge is 0.129 e. The number of anilines is 1. The Morgan fingerprint density at radius 1 is 1.47 bits per heavy atom. The van der Waals surface area contributed by atoms with Crippen molar-refractivity contribution in [3.8, 4) is 5.75 Å². The summed E-state index contributed by atoms with van der Waals surface area (Å²) in [7, 11) is 1.68. The van der Waals surface area contributed by atoms with Crippen molar-refractivity contribution in [2.24, 2.45) is 0 Å². The minimum absolute atomic E-state index is 0.126. The molecule has 82 valence electrons. The van der Waals surface area contributed by atoms with Gasteiger partial charge in [-0.1, -0.05) is 0 Å². The maximum Gasteiger partial charge on any atom is 0.129 e. The van der Waals surface area contributed by atoms with Crippen LogP contribution in [0.1, 0.15) is 25.0 Å². The van der Waals surface area contributed by atoms with Crippen LogP contribution >= 0.6 is 0 Å². The Labute approximate surface area is 90.2 Å². The first-order valence-electron chi connectivity index (χ1n) is 5.11. The van der Waals surface area contributed by atoms with Crippen LogP contribution in [0, 0.1) is 0 Å². The zero-order chi connectivity index (χ0) is 11.1. The van der Waals surface area contributed by atoms with Crippen molar-refractivity contribution in [1.29, 1.82) is 0 Å². The number of nitrogens with two attached hydrogens (primary N) is 1. The number of benzene rings is 1. The van der Waals surface area contributed by atoms with Crippen LogP contribution in [0.2, 0.25) is 0 Å². The normalized spacial score (nSPS) is 17.3. The molecule has 2 N–H and O–H groups in total. The van der Waals surface area contributed by atoms with E-state index in [2.05, 4.69) is 13.8 Å². The summed E-state index contributed by atoms with van der Waals surface area (Å²) in [5, 5.41) is 0. The quantitative estimate of drug-likeness (QED) is 0.755. The number of rotatable bonds is 2. The lowest BCUT2D eigenvalue weighted by atomic mass is 10.00. The Kier molecular flexibility index (Phi) is 2.35.